The lowest BCUT2D eigenvalue weighted by Crippen LogP contribution is -2.30. The number of carbonyl (C=O) groups excluding carboxylic acids is 3. The zero-order valence-corrected chi connectivity index (χ0v) is 56.8. The first kappa shape index (κ1) is 85.0. The lowest BCUT2D eigenvalue weighted by Gasteiger charge is -2.21. The summed E-state index contributed by atoms with van der Waals surface area (Å²) in [5.74, 6) is -1.65. The van der Waals surface area contributed by atoms with Crippen LogP contribution < -0.4 is 0 Å². The van der Waals surface area contributed by atoms with E-state index in [4.69, 9.17) is 32.3 Å². The second kappa shape index (κ2) is 64.1. The van der Waals surface area contributed by atoms with Gasteiger partial charge in [0, 0.05) is 19.3 Å². The molecule has 0 bridgehead atoms. The summed E-state index contributed by atoms with van der Waals surface area (Å²) in [6.45, 7) is 2.35. The zero-order chi connectivity index (χ0) is 65.3. The minimum atomic E-state index is -4.93. The predicted octanol–water partition coefficient (Wildman–Crippen LogP) is 18.6. The molecule has 0 spiro atoms. The van der Waals surface area contributed by atoms with Gasteiger partial charge < -0.3 is 34.2 Å². The number of hydrogen-bond acceptors (Lipinski definition) is 14. The number of rotatable bonds is 63. The highest BCUT2D eigenvalue weighted by atomic mass is 31.2. The molecule has 0 radical (unpaired) electrons. The fourth-order valence-corrected chi connectivity index (χ4v) is 10.2. The van der Waals surface area contributed by atoms with Crippen molar-refractivity contribution < 1.29 is 75.8 Å². The summed E-state index contributed by atoms with van der Waals surface area (Å²) in [6, 6.07) is 0. The molecule has 0 fully saturated rings. The van der Waals surface area contributed by atoms with E-state index in [-0.39, 0.29) is 19.3 Å². The summed E-state index contributed by atoms with van der Waals surface area (Å²) >= 11 is 0. The normalized spacial score (nSPS) is 15.0. The molecule has 510 valence electrons. The Morgan fingerprint density at radius 1 is 0.326 bits per heavy atom. The van der Waals surface area contributed by atoms with Crippen LogP contribution in [0.2, 0.25) is 0 Å². The monoisotopic (exact) mass is 1290 g/mol. The Balaban J connectivity index is 4.64. The second-order valence-electron chi connectivity index (χ2n) is 22.2. The van der Waals surface area contributed by atoms with Crippen LogP contribution in [-0.4, -0.2) is 95.9 Å². The van der Waals surface area contributed by atoms with Gasteiger partial charge in [-0.1, -0.05) is 251 Å². The molecule has 0 saturated carbocycles. The molecule has 0 aromatic rings. The van der Waals surface area contributed by atoms with Gasteiger partial charge in [-0.3, -0.25) is 32.5 Å². The Kier molecular flexibility index (Phi) is 61.2. The molecule has 0 heterocycles. The Hall–Kier alpha value is -4.05. The van der Waals surface area contributed by atoms with Crippen LogP contribution in [0.25, 0.3) is 0 Å². The SMILES string of the molecule is CC/C=C\C/C=C\C/C=C\C/C=C\C/C=C\CCCCCCCCCC(=O)OCC(O)COP(=O)(O)OCC(O)COP(=O)(O)OCC(COC(=O)CCC/C=C\C/C=C\C/C=C\C/C=C\C/C=C\CC)OC(=O)CCCCCCCCCCCCCCC. The molecule has 0 aliphatic carbocycles. The topological polar surface area (TPSA) is 231 Å². The van der Waals surface area contributed by atoms with E-state index in [0.29, 0.717) is 25.7 Å². The molecule has 0 aromatic carbocycles. The van der Waals surface area contributed by atoms with Crippen molar-refractivity contribution in [2.45, 2.75) is 270 Å². The molecule has 0 rings (SSSR count). The van der Waals surface area contributed by atoms with Crippen molar-refractivity contribution in [3.63, 3.8) is 0 Å². The summed E-state index contributed by atoms with van der Waals surface area (Å²) in [6.07, 6.45) is 72.6. The lowest BCUT2D eigenvalue weighted by atomic mass is 10.0. The Bertz CT molecular complexity index is 2110. The molecular formula is C71H120O16P2. The van der Waals surface area contributed by atoms with Crippen LogP contribution >= 0.6 is 15.6 Å². The van der Waals surface area contributed by atoms with E-state index in [1.165, 1.54) is 51.4 Å². The minimum Gasteiger partial charge on any atom is -0.463 e. The van der Waals surface area contributed by atoms with Crippen molar-refractivity contribution in [3.05, 3.63) is 122 Å². The summed E-state index contributed by atoms with van der Waals surface area (Å²) in [7, 11) is -9.79. The van der Waals surface area contributed by atoms with Gasteiger partial charge in [0.05, 0.1) is 26.4 Å². The van der Waals surface area contributed by atoms with E-state index in [1.54, 1.807) is 0 Å². The maximum absolute atomic E-state index is 12.9. The number of ether oxygens (including phenoxy) is 3. The summed E-state index contributed by atoms with van der Waals surface area (Å²) < 4.78 is 60.8. The minimum absolute atomic E-state index is 0.0913. The zero-order valence-electron chi connectivity index (χ0n) is 55.1. The summed E-state index contributed by atoms with van der Waals surface area (Å²) in [5, 5.41) is 20.5. The number of allylic oxidation sites excluding steroid dienone is 20. The van der Waals surface area contributed by atoms with Gasteiger partial charge in [0.1, 0.15) is 25.4 Å². The number of esters is 3. The van der Waals surface area contributed by atoms with Gasteiger partial charge in [-0.05, 0) is 103 Å². The third kappa shape index (κ3) is 65.3. The number of unbranched alkanes of at least 4 members (excludes halogenated alkanes) is 20. The first-order chi connectivity index (χ1) is 43.2. The molecule has 0 aliphatic rings. The van der Waals surface area contributed by atoms with Crippen molar-refractivity contribution in [3.8, 4) is 0 Å². The van der Waals surface area contributed by atoms with E-state index in [2.05, 4.69) is 130 Å². The second-order valence-corrected chi connectivity index (χ2v) is 25.1. The highest BCUT2D eigenvalue weighted by Crippen LogP contribution is 2.45. The third-order valence-corrected chi connectivity index (χ3v) is 15.6. The van der Waals surface area contributed by atoms with E-state index in [1.807, 2.05) is 12.2 Å². The molecule has 5 atom stereocenters. The largest absolute Gasteiger partial charge is 0.472 e. The molecule has 0 amide bonds. The molecular weight excluding hydrogens is 1170 g/mol. The Morgan fingerprint density at radius 3 is 0.989 bits per heavy atom. The summed E-state index contributed by atoms with van der Waals surface area (Å²) in [4.78, 5) is 58.3. The van der Waals surface area contributed by atoms with Gasteiger partial charge in [0.15, 0.2) is 6.10 Å². The van der Waals surface area contributed by atoms with Crippen LogP contribution in [0.3, 0.4) is 0 Å². The van der Waals surface area contributed by atoms with Crippen LogP contribution in [0.4, 0.5) is 0 Å². The Labute approximate surface area is 538 Å². The number of phosphoric ester groups is 2. The maximum atomic E-state index is 12.9. The highest BCUT2D eigenvalue weighted by Gasteiger charge is 2.29. The van der Waals surface area contributed by atoms with E-state index < -0.39 is 91.5 Å². The van der Waals surface area contributed by atoms with Crippen molar-refractivity contribution in [2.24, 2.45) is 0 Å². The van der Waals surface area contributed by atoms with Gasteiger partial charge in [0.25, 0.3) is 0 Å². The maximum Gasteiger partial charge on any atom is 0.472 e. The van der Waals surface area contributed by atoms with Crippen LogP contribution in [0, 0.1) is 0 Å². The van der Waals surface area contributed by atoms with Crippen molar-refractivity contribution in [2.75, 3.05) is 39.6 Å². The predicted molar refractivity (Wildman–Crippen MR) is 362 cm³/mol. The quantitative estimate of drug-likeness (QED) is 0.0146. The summed E-state index contributed by atoms with van der Waals surface area (Å²) in [5.41, 5.74) is 0. The average Bonchev–Trinajstić information content (AvgIpc) is 3.72. The number of carbonyl (C=O) groups is 3. The standard InChI is InChI=1S/C71H120O16P2/c1-4-7-10-13-16-19-22-25-27-29-30-31-32-33-34-36-38-40-42-45-48-51-54-57-69(74)81-60-66(72)61-83-88(77,78)84-62-67(73)63-85-89(79,80)86-65-68(87-71(76)59-56-53-50-47-44-39-24-21-18-15-12-9-6-3)64-82-70(75)58-55-52-49-46-43-41-37-35-28-26-23-20-17-14-11-8-5-2/h7-8,10-11,16-17,19-20,25-28,30-31,33-34,37,41,46,49,66-68,72-73H,4-6,9,12-15,18,21-24,29,32,35-36,38-40,42-45,47-48,50-65H2,1-3H3,(H,77,78)(H,79,80)/b10-7-,11-8-,19-16-,20-17-,27-25-,28-26-,31-30-,34-33-,41-37-,49-46-. The van der Waals surface area contributed by atoms with Crippen LogP contribution in [0.5, 0.6) is 0 Å². The van der Waals surface area contributed by atoms with Gasteiger partial charge >= 0.3 is 33.6 Å². The van der Waals surface area contributed by atoms with Gasteiger partial charge in [0.2, 0.25) is 0 Å². The average molecular weight is 1290 g/mol. The first-order valence-corrected chi connectivity index (χ1v) is 36.8. The smallest absolute Gasteiger partial charge is 0.463 e. The first-order valence-electron chi connectivity index (χ1n) is 33.8. The number of aliphatic hydroxyl groups is 2. The number of aliphatic hydroxyl groups excluding tert-OH is 2. The molecule has 16 nitrogen and oxygen atoms in total. The van der Waals surface area contributed by atoms with Gasteiger partial charge in [-0.25, -0.2) is 9.13 Å². The van der Waals surface area contributed by atoms with E-state index >= 15 is 0 Å². The van der Waals surface area contributed by atoms with Crippen LogP contribution in [0.15, 0.2) is 122 Å². The fraction of sp³-hybridized carbons (Fsp3) is 0.676. The van der Waals surface area contributed by atoms with Crippen LogP contribution in [0.1, 0.15) is 252 Å². The van der Waals surface area contributed by atoms with E-state index in [0.717, 1.165) is 135 Å². The number of hydrogen-bond donors (Lipinski definition) is 4. The molecule has 5 unspecified atom stereocenters. The molecule has 0 saturated heterocycles. The van der Waals surface area contributed by atoms with E-state index in [9.17, 15) is 43.5 Å². The van der Waals surface area contributed by atoms with Gasteiger partial charge in [-0.2, -0.15) is 0 Å². The molecule has 0 aromatic heterocycles. The number of phosphoric acid groups is 2. The molecule has 18 heteroatoms. The van der Waals surface area contributed by atoms with Gasteiger partial charge in [-0.15, -0.1) is 0 Å². The highest BCUT2D eigenvalue weighted by molar-refractivity contribution is 7.47. The molecule has 4 N–H and O–H groups in total. The van der Waals surface area contributed by atoms with Crippen molar-refractivity contribution >= 4 is 33.6 Å². The lowest BCUT2D eigenvalue weighted by molar-refractivity contribution is -0.161. The fourth-order valence-electron chi connectivity index (χ4n) is 8.57. The molecule has 0 aliphatic heterocycles. The molecule has 89 heavy (non-hydrogen) atoms. The van der Waals surface area contributed by atoms with Crippen molar-refractivity contribution in [1.29, 1.82) is 0 Å². The van der Waals surface area contributed by atoms with Crippen molar-refractivity contribution in [1.82, 2.24) is 0 Å². The third-order valence-electron chi connectivity index (χ3n) is 13.7. The Morgan fingerprint density at radius 2 is 0.607 bits per heavy atom. The van der Waals surface area contributed by atoms with Crippen LogP contribution in [-0.2, 0) is 55.8 Å².